The Balaban J connectivity index is 1.52. The molecule has 0 atom stereocenters. The lowest BCUT2D eigenvalue weighted by Gasteiger charge is -2.32. The molecule has 3 aromatic rings. The summed E-state index contributed by atoms with van der Waals surface area (Å²) in [5, 5.41) is 2.84. The first-order chi connectivity index (χ1) is 15.7. The number of piperazine rings is 1. The second-order valence-electron chi connectivity index (χ2n) is 8.00. The summed E-state index contributed by atoms with van der Waals surface area (Å²) in [5.41, 5.74) is 2.38. The fraction of sp³-hybridized carbons (Fsp3) is 0.304. The number of rotatable bonds is 4. The van der Waals surface area contributed by atoms with Crippen molar-refractivity contribution in [2.45, 2.75) is 13.1 Å². The molecule has 172 valence electrons. The second-order valence-corrected chi connectivity index (χ2v) is 8.00. The van der Waals surface area contributed by atoms with Crippen molar-refractivity contribution in [3.05, 3.63) is 65.7 Å². The molecular formula is C23H23F3N6O. The third kappa shape index (κ3) is 5.46. The number of carbonyl (C=O) groups is 1. The summed E-state index contributed by atoms with van der Waals surface area (Å²) in [5.74, 6) is -0.240. The van der Waals surface area contributed by atoms with Crippen molar-refractivity contribution < 1.29 is 18.0 Å². The number of aromatic nitrogens is 3. The van der Waals surface area contributed by atoms with Crippen LogP contribution in [-0.4, -0.2) is 63.9 Å². The van der Waals surface area contributed by atoms with Gasteiger partial charge in [0, 0.05) is 49.8 Å². The summed E-state index contributed by atoms with van der Waals surface area (Å²) >= 11 is 0. The van der Waals surface area contributed by atoms with Crippen molar-refractivity contribution in [3.63, 3.8) is 0 Å². The lowest BCUT2D eigenvalue weighted by Crippen LogP contribution is -2.47. The lowest BCUT2D eigenvalue weighted by atomic mass is 10.0. The molecule has 1 amide bonds. The molecule has 4 rings (SSSR count). The van der Waals surface area contributed by atoms with E-state index < -0.39 is 11.9 Å². The molecule has 1 N–H and O–H groups in total. The van der Waals surface area contributed by atoms with E-state index in [1.54, 1.807) is 29.3 Å². The van der Waals surface area contributed by atoms with E-state index in [-0.39, 0.29) is 11.9 Å². The van der Waals surface area contributed by atoms with Crippen LogP contribution in [0.2, 0.25) is 0 Å². The van der Waals surface area contributed by atoms with Gasteiger partial charge in [0.1, 0.15) is 11.4 Å². The van der Waals surface area contributed by atoms with Gasteiger partial charge in [-0.3, -0.25) is 9.78 Å². The van der Waals surface area contributed by atoms with E-state index in [0.29, 0.717) is 24.5 Å². The van der Waals surface area contributed by atoms with E-state index in [0.717, 1.165) is 42.0 Å². The van der Waals surface area contributed by atoms with Crippen LogP contribution < -0.4 is 5.32 Å². The van der Waals surface area contributed by atoms with Crippen molar-refractivity contribution in [2.75, 3.05) is 38.5 Å². The number of halogens is 3. The highest BCUT2D eigenvalue weighted by Gasteiger charge is 2.32. The largest absolute Gasteiger partial charge is 0.433 e. The zero-order chi connectivity index (χ0) is 23.6. The minimum absolute atomic E-state index is 0.0945. The fourth-order valence-corrected chi connectivity index (χ4v) is 3.59. The van der Waals surface area contributed by atoms with Crippen LogP contribution in [0, 0.1) is 6.92 Å². The standard InChI is InChI=1S/C23H23F3N6O/c1-15-11-17(13-18(12-15)29-22-27-6-5-20(30-22)23(24,25)26)16-3-4-19(28-14-16)21(33)32-9-7-31(2)8-10-32/h3-6,11-14H,7-10H2,1-2H3,(H,27,29,30). The summed E-state index contributed by atoms with van der Waals surface area (Å²) in [7, 11) is 2.03. The van der Waals surface area contributed by atoms with Gasteiger partial charge in [0.25, 0.3) is 5.91 Å². The quantitative estimate of drug-likeness (QED) is 0.640. The average Bonchev–Trinajstić information content (AvgIpc) is 2.78. The lowest BCUT2D eigenvalue weighted by molar-refractivity contribution is -0.141. The number of aryl methyl sites for hydroxylation is 1. The minimum atomic E-state index is -4.55. The number of nitrogens with one attached hydrogen (secondary N) is 1. The topological polar surface area (TPSA) is 74.2 Å². The fourth-order valence-electron chi connectivity index (χ4n) is 3.59. The van der Waals surface area contributed by atoms with E-state index in [9.17, 15) is 18.0 Å². The summed E-state index contributed by atoms with van der Waals surface area (Å²) in [6.45, 7) is 4.88. The molecule has 1 aromatic carbocycles. The van der Waals surface area contributed by atoms with Crippen molar-refractivity contribution in [3.8, 4) is 11.1 Å². The van der Waals surface area contributed by atoms with E-state index in [4.69, 9.17) is 0 Å². The predicted molar refractivity (Wildman–Crippen MR) is 118 cm³/mol. The van der Waals surface area contributed by atoms with Crippen molar-refractivity contribution in [1.29, 1.82) is 0 Å². The van der Waals surface area contributed by atoms with Crippen LogP contribution in [0.25, 0.3) is 11.1 Å². The third-order valence-electron chi connectivity index (χ3n) is 5.39. The molecule has 1 saturated heterocycles. The molecule has 0 aliphatic carbocycles. The number of anilines is 2. The third-order valence-corrected chi connectivity index (χ3v) is 5.39. The molecule has 7 nitrogen and oxygen atoms in total. The number of benzene rings is 1. The molecule has 10 heteroatoms. The number of nitrogens with zero attached hydrogens (tertiary/aromatic N) is 5. The van der Waals surface area contributed by atoms with Gasteiger partial charge >= 0.3 is 6.18 Å². The van der Waals surface area contributed by atoms with Crippen LogP contribution in [0.1, 0.15) is 21.7 Å². The van der Waals surface area contributed by atoms with E-state index in [1.807, 2.05) is 26.1 Å². The molecule has 0 spiro atoms. The number of carbonyl (C=O) groups excluding carboxylic acids is 1. The first-order valence-electron chi connectivity index (χ1n) is 10.4. The number of alkyl halides is 3. The molecule has 0 unspecified atom stereocenters. The Morgan fingerprint density at radius 2 is 1.76 bits per heavy atom. The van der Waals surface area contributed by atoms with Gasteiger partial charge < -0.3 is 15.1 Å². The maximum absolute atomic E-state index is 12.9. The summed E-state index contributed by atoms with van der Waals surface area (Å²) in [4.78, 5) is 28.5. The Morgan fingerprint density at radius 3 is 2.42 bits per heavy atom. The summed E-state index contributed by atoms with van der Waals surface area (Å²) in [6.07, 6.45) is -1.86. The first-order valence-corrected chi connectivity index (χ1v) is 10.4. The number of hydrogen-bond acceptors (Lipinski definition) is 6. The maximum atomic E-state index is 12.9. The molecular weight excluding hydrogens is 433 g/mol. The van der Waals surface area contributed by atoms with Gasteiger partial charge in [0.15, 0.2) is 0 Å². The summed E-state index contributed by atoms with van der Waals surface area (Å²) in [6, 6.07) is 9.82. The van der Waals surface area contributed by atoms with Gasteiger partial charge in [-0.25, -0.2) is 9.97 Å². The van der Waals surface area contributed by atoms with Gasteiger partial charge in [0.05, 0.1) is 0 Å². The SMILES string of the molecule is Cc1cc(Nc2nccc(C(F)(F)F)n2)cc(-c2ccc(C(=O)N3CCN(C)CC3)nc2)c1. The zero-order valence-corrected chi connectivity index (χ0v) is 18.2. The maximum Gasteiger partial charge on any atom is 0.433 e. The minimum Gasteiger partial charge on any atom is -0.335 e. The molecule has 33 heavy (non-hydrogen) atoms. The van der Waals surface area contributed by atoms with Gasteiger partial charge in [-0.2, -0.15) is 13.2 Å². The van der Waals surface area contributed by atoms with E-state index >= 15 is 0 Å². The van der Waals surface area contributed by atoms with Crippen molar-refractivity contribution in [1.82, 2.24) is 24.8 Å². The van der Waals surface area contributed by atoms with Crippen LogP contribution in [-0.2, 0) is 6.18 Å². The molecule has 1 fully saturated rings. The molecule has 0 saturated carbocycles. The highest BCUT2D eigenvalue weighted by Crippen LogP contribution is 2.29. The Kier molecular flexibility index (Phi) is 6.28. The molecule has 2 aromatic heterocycles. The highest BCUT2D eigenvalue weighted by molar-refractivity contribution is 5.92. The number of hydrogen-bond donors (Lipinski definition) is 1. The van der Waals surface area contributed by atoms with Crippen molar-refractivity contribution >= 4 is 17.5 Å². The van der Waals surface area contributed by atoms with Gasteiger partial charge in [0.2, 0.25) is 5.95 Å². The Morgan fingerprint density at radius 1 is 1.00 bits per heavy atom. The number of likely N-dealkylation sites (N-methyl/N-ethyl adjacent to an activating group) is 1. The molecule has 1 aliphatic heterocycles. The Labute approximate surface area is 189 Å². The normalized spacial score (nSPS) is 14.9. The monoisotopic (exact) mass is 456 g/mol. The first kappa shape index (κ1) is 22.7. The van der Waals surface area contributed by atoms with E-state index in [2.05, 4.69) is 25.2 Å². The van der Waals surface area contributed by atoms with Gasteiger partial charge in [-0.05, 0) is 49.4 Å². The Hall–Kier alpha value is -3.53. The molecule has 1 aliphatic rings. The number of amides is 1. The highest BCUT2D eigenvalue weighted by atomic mass is 19.4. The van der Waals surface area contributed by atoms with E-state index in [1.165, 1.54) is 0 Å². The van der Waals surface area contributed by atoms with Crippen LogP contribution >= 0.6 is 0 Å². The Bertz CT molecular complexity index is 1140. The van der Waals surface area contributed by atoms with Gasteiger partial charge in [-0.15, -0.1) is 0 Å². The predicted octanol–water partition coefficient (Wildman–Crippen LogP) is 4.00. The van der Waals surface area contributed by atoms with Crippen LogP contribution in [0.5, 0.6) is 0 Å². The molecule has 3 heterocycles. The van der Waals surface area contributed by atoms with Crippen molar-refractivity contribution in [2.24, 2.45) is 0 Å². The van der Waals surface area contributed by atoms with Crippen LogP contribution in [0.3, 0.4) is 0 Å². The van der Waals surface area contributed by atoms with Crippen LogP contribution in [0.15, 0.2) is 48.8 Å². The zero-order valence-electron chi connectivity index (χ0n) is 18.2. The average molecular weight is 456 g/mol. The van der Waals surface area contributed by atoms with Gasteiger partial charge in [-0.1, -0.05) is 12.1 Å². The second kappa shape index (κ2) is 9.14. The molecule has 0 radical (unpaired) electrons. The number of pyridine rings is 1. The van der Waals surface area contributed by atoms with Crippen LogP contribution in [0.4, 0.5) is 24.8 Å². The smallest absolute Gasteiger partial charge is 0.335 e. The summed E-state index contributed by atoms with van der Waals surface area (Å²) < 4.78 is 38.8. The molecule has 0 bridgehead atoms.